The molecule has 1 aliphatic carbocycles. The second kappa shape index (κ2) is 8.09. The maximum absolute atomic E-state index is 12.5. The summed E-state index contributed by atoms with van der Waals surface area (Å²) >= 11 is 6.63. The fourth-order valence-corrected chi connectivity index (χ4v) is 3.91. The number of rotatable bonds is 7. The minimum atomic E-state index is -0.442. The number of amides is 1. The number of hydrogen-bond donors (Lipinski definition) is 0. The molecule has 0 radical (unpaired) electrons. The van der Waals surface area contributed by atoms with Gasteiger partial charge < -0.3 is 14.2 Å². The topological polar surface area (TPSA) is 65.1 Å². The van der Waals surface area contributed by atoms with Crippen molar-refractivity contribution in [1.29, 1.82) is 0 Å². The van der Waals surface area contributed by atoms with Crippen LogP contribution >= 0.6 is 24.0 Å². The number of carbonyl (C=O) groups excluding carboxylic acids is 2. The molecular formula is C18H19NO5S2. The number of benzene rings is 1. The van der Waals surface area contributed by atoms with Crippen LogP contribution in [-0.4, -0.2) is 47.5 Å². The Hall–Kier alpha value is -2.06. The molecule has 2 aliphatic rings. The van der Waals surface area contributed by atoms with E-state index in [1.807, 2.05) is 0 Å². The minimum absolute atomic E-state index is 0.0379. The first kappa shape index (κ1) is 18.7. The van der Waals surface area contributed by atoms with Crippen LogP contribution in [0.15, 0.2) is 23.1 Å². The van der Waals surface area contributed by atoms with Gasteiger partial charge in [-0.05, 0) is 43.5 Å². The minimum Gasteiger partial charge on any atom is -0.493 e. The second-order valence-electron chi connectivity index (χ2n) is 5.79. The lowest BCUT2D eigenvalue weighted by Gasteiger charge is -2.12. The molecule has 1 heterocycles. The summed E-state index contributed by atoms with van der Waals surface area (Å²) in [6, 6.07) is 5.52. The standard InChI is InChI=1S/C18H19NO5S2/c1-3-23-16(20)10-24-13-7-4-11(8-14(13)22-2)9-15-17(21)19(12-5-6-12)18(25)26-15/h4,7-9,12H,3,5-6,10H2,1-2H3. The van der Waals surface area contributed by atoms with Gasteiger partial charge >= 0.3 is 5.97 Å². The highest BCUT2D eigenvalue weighted by Gasteiger charge is 2.41. The second-order valence-corrected chi connectivity index (χ2v) is 7.46. The van der Waals surface area contributed by atoms with Crippen LogP contribution in [0.2, 0.25) is 0 Å². The summed E-state index contributed by atoms with van der Waals surface area (Å²) < 4.78 is 16.2. The highest BCUT2D eigenvalue weighted by atomic mass is 32.2. The summed E-state index contributed by atoms with van der Waals surface area (Å²) in [4.78, 5) is 26.2. The molecule has 1 aromatic rings. The molecule has 1 saturated carbocycles. The van der Waals surface area contributed by atoms with Crippen LogP contribution < -0.4 is 9.47 Å². The van der Waals surface area contributed by atoms with Crippen molar-refractivity contribution in [2.75, 3.05) is 20.3 Å². The maximum atomic E-state index is 12.5. The van der Waals surface area contributed by atoms with E-state index < -0.39 is 5.97 Å². The van der Waals surface area contributed by atoms with Gasteiger partial charge in [0.2, 0.25) is 0 Å². The molecule has 1 aliphatic heterocycles. The van der Waals surface area contributed by atoms with E-state index >= 15 is 0 Å². The van der Waals surface area contributed by atoms with Crippen molar-refractivity contribution in [3.63, 3.8) is 0 Å². The van der Waals surface area contributed by atoms with Crippen LogP contribution in [0.5, 0.6) is 11.5 Å². The fraction of sp³-hybridized carbons (Fsp3) is 0.389. The summed E-state index contributed by atoms with van der Waals surface area (Å²) in [6.07, 6.45) is 3.82. The Morgan fingerprint density at radius 3 is 2.81 bits per heavy atom. The van der Waals surface area contributed by atoms with Crippen molar-refractivity contribution in [3.8, 4) is 11.5 Å². The van der Waals surface area contributed by atoms with Gasteiger partial charge in [-0.15, -0.1) is 0 Å². The summed E-state index contributed by atoms with van der Waals surface area (Å²) in [5.41, 5.74) is 0.793. The Morgan fingerprint density at radius 2 is 2.15 bits per heavy atom. The van der Waals surface area contributed by atoms with Gasteiger partial charge in [-0.3, -0.25) is 9.69 Å². The van der Waals surface area contributed by atoms with Crippen molar-refractivity contribution in [1.82, 2.24) is 4.90 Å². The van der Waals surface area contributed by atoms with Gasteiger partial charge in [-0.2, -0.15) is 0 Å². The van der Waals surface area contributed by atoms with E-state index in [1.165, 1.54) is 18.9 Å². The third-order valence-electron chi connectivity index (χ3n) is 3.87. The number of esters is 1. The molecule has 0 aromatic heterocycles. The van der Waals surface area contributed by atoms with E-state index in [9.17, 15) is 9.59 Å². The highest BCUT2D eigenvalue weighted by molar-refractivity contribution is 8.26. The Bertz CT molecular complexity index is 773. The van der Waals surface area contributed by atoms with Gasteiger partial charge in [0.05, 0.1) is 18.6 Å². The number of thiocarbonyl (C=S) groups is 1. The van der Waals surface area contributed by atoms with Crippen LogP contribution in [0.1, 0.15) is 25.3 Å². The molecule has 0 atom stereocenters. The molecule has 26 heavy (non-hydrogen) atoms. The van der Waals surface area contributed by atoms with Crippen molar-refractivity contribution < 1.29 is 23.8 Å². The molecule has 0 spiro atoms. The van der Waals surface area contributed by atoms with Crippen LogP contribution in [-0.2, 0) is 14.3 Å². The Kier molecular flexibility index (Phi) is 5.83. The summed E-state index contributed by atoms with van der Waals surface area (Å²) in [7, 11) is 1.52. The summed E-state index contributed by atoms with van der Waals surface area (Å²) in [5.74, 6) is 0.426. The molecule has 6 nitrogen and oxygen atoms in total. The molecule has 1 amide bonds. The van der Waals surface area contributed by atoms with Crippen molar-refractivity contribution >= 4 is 46.3 Å². The SMILES string of the molecule is CCOC(=O)COc1ccc(C=C2SC(=S)N(C3CC3)C2=O)cc1OC. The Labute approximate surface area is 161 Å². The number of thioether (sulfide) groups is 1. The first-order valence-electron chi connectivity index (χ1n) is 8.27. The quantitative estimate of drug-likeness (QED) is 0.401. The molecule has 8 heteroatoms. The van der Waals surface area contributed by atoms with E-state index in [2.05, 4.69) is 0 Å². The molecule has 0 bridgehead atoms. The van der Waals surface area contributed by atoms with Crippen LogP contribution in [0.25, 0.3) is 6.08 Å². The largest absolute Gasteiger partial charge is 0.493 e. The monoisotopic (exact) mass is 393 g/mol. The van der Waals surface area contributed by atoms with Crippen LogP contribution in [0.4, 0.5) is 0 Å². The van der Waals surface area contributed by atoms with Crippen LogP contribution in [0, 0.1) is 0 Å². The van der Waals surface area contributed by atoms with Crippen molar-refractivity contribution in [3.05, 3.63) is 28.7 Å². The zero-order valence-electron chi connectivity index (χ0n) is 14.5. The van der Waals surface area contributed by atoms with Gasteiger partial charge in [0, 0.05) is 6.04 Å². The zero-order valence-corrected chi connectivity index (χ0v) is 16.2. The zero-order chi connectivity index (χ0) is 18.7. The normalized spacial score (nSPS) is 18.4. The Balaban J connectivity index is 1.74. The van der Waals surface area contributed by atoms with Gasteiger partial charge in [0.1, 0.15) is 4.32 Å². The first-order chi connectivity index (χ1) is 12.5. The van der Waals surface area contributed by atoms with Gasteiger partial charge in [0.15, 0.2) is 18.1 Å². The van der Waals surface area contributed by atoms with E-state index in [4.69, 9.17) is 26.4 Å². The average molecular weight is 393 g/mol. The molecule has 1 aromatic carbocycles. The van der Waals surface area contributed by atoms with E-state index in [-0.39, 0.29) is 18.6 Å². The number of carbonyl (C=O) groups is 2. The number of hydrogen-bond acceptors (Lipinski definition) is 7. The number of ether oxygens (including phenoxy) is 3. The lowest BCUT2D eigenvalue weighted by Crippen LogP contribution is -2.30. The summed E-state index contributed by atoms with van der Waals surface area (Å²) in [6.45, 7) is 1.85. The third-order valence-corrected chi connectivity index (χ3v) is 5.20. The fourth-order valence-electron chi connectivity index (χ4n) is 2.51. The number of methoxy groups -OCH3 is 1. The third kappa shape index (κ3) is 4.19. The highest BCUT2D eigenvalue weighted by Crippen LogP contribution is 2.40. The van der Waals surface area contributed by atoms with Gasteiger partial charge in [-0.25, -0.2) is 4.79 Å². The molecule has 1 saturated heterocycles. The Morgan fingerprint density at radius 1 is 1.38 bits per heavy atom. The van der Waals surface area contributed by atoms with E-state index in [0.29, 0.717) is 27.3 Å². The number of nitrogens with zero attached hydrogens (tertiary/aromatic N) is 1. The van der Waals surface area contributed by atoms with E-state index in [1.54, 1.807) is 36.1 Å². The van der Waals surface area contributed by atoms with Crippen molar-refractivity contribution in [2.45, 2.75) is 25.8 Å². The van der Waals surface area contributed by atoms with Crippen molar-refractivity contribution in [2.24, 2.45) is 0 Å². The first-order valence-corrected chi connectivity index (χ1v) is 9.49. The lowest BCUT2D eigenvalue weighted by molar-refractivity contribution is -0.145. The molecule has 2 fully saturated rings. The predicted molar refractivity (Wildman–Crippen MR) is 103 cm³/mol. The molecule has 0 unspecified atom stereocenters. The van der Waals surface area contributed by atoms with Crippen LogP contribution in [0.3, 0.4) is 0 Å². The smallest absolute Gasteiger partial charge is 0.344 e. The van der Waals surface area contributed by atoms with E-state index in [0.717, 1.165) is 18.4 Å². The molecule has 0 N–H and O–H groups in total. The van der Waals surface area contributed by atoms with Gasteiger partial charge in [0.25, 0.3) is 5.91 Å². The predicted octanol–water partition coefficient (Wildman–Crippen LogP) is 3.00. The summed E-state index contributed by atoms with van der Waals surface area (Å²) in [5, 5.41) is 0. The van der Waals surface area contributed by atoms with Gasteiger partial charge in [-0.1, -0.05) is 30.0 Å². The molecule has 3 rings (SSSR count). The lowest BCUT2D eigenvalue weighted by atomic mass is 10.2. The molecular weight excluding hydrogens is 374 g/mol. The average Bonchev–Trinajstić information content (AvgIpc) is 3.40. The maximum Gasteiger partial charge on any atom is 0.344 e. The molecule has 138 valence electrons.